The number of hydrogen-bond acceptors (Lipinski definition) is 3. The first kappa shape index (κ1) is 17.2. The van der Waals surface area contributed by atoms with Crippen LogP contribution in [0.3, 0.4) is 0 Å². The number of ether oxygens (including phenoxy) is 1. The fraction of sp³-hybridized carbons (Fsp3) is 0.333. The third-order valence-electron chi connectivity index (χ3n) is 4.79. The van der Waals surface area contributed by atoms with Crippen molar-refractivity contribution in [3.8, 4) is 5.75 Å². The van der Waals surface area contributed by atoms with Crippen molar-refractivity contribution in [1.29, 1.82) is 0 Å². The molecule has 3 aromatic rings. The van der Waals surface area contributed by atoms with Gasteiger partial charge in [0, 0.05) is 11.1 Å². The molecule has 0 aliphatic carbocycles. The van der Waals surface area contributed by atoms with Gasteiger partial charge in [-0.3, -0.25) is 4.79 Å². The molecule has 0 aliphatic rings. The van der Waals surface area contributed by atoms with Crippen molar-refractivity contribution < 1.29 is 9.53 Å². The molecule has 0 bridgehead atoms. The number of hydrogen-bond donors (Lipinski definition) is 0. The monoisotopic (exact) mass is 336 g/mol. The minimum atomic E-state index is -0.150. The molecule has 0 radical (unpaired) electrons. The lowest BCUT2D eigenvalue weighted by molar-refractivity contribution is 0.0819. The molecule has 0 fully saturated rings. The summed E-state index contributed by atoms with van der Waals surface area (Å²) in [6.45, 7) is 8.20. The number of nitrogens with zero attached hydrogens (tertiary/aromatic N) is 2. The van der Waals surface area contributed by atoms with Crippen molar-refractivity contribution in [2.24, 2.45) is 0 Å². The van der Waals surface area contributed by atoms with E-state index in [2.05, 4.69) is 18.9 Å². The maximum atomic E-state index is 12.6. The SMILES string of the molecule is CCC(C)c1c(C)nn(C(=O)COc2cccc3ccccc23)c1C. The summed E-state index contributed by atoms with van der Waals surface area (Å²) in [5.41, 5.74) is 3.00. The van der Waals surface area contributed by atoms with Crippen LogP contribution in [0, 0.1) is 13.8 Å². The summed E-state index contributed by atoms with van der Waals surface area (Å²) >= 11 is 0. The van der Waals surface area contributed by atoms with Gasteiger partial charge in [-0.15, -0.1) is 0 Å². The maximum absolute atomic E-state index is 12.6. The molecule has 0 N–H and O–H groups in total. The third kappa shape index (κ3) is 3.29. The van der Waals surface area contributed by atoms with Gasteiger partial charge in [-0.2, -0.15) is 5.10 Å². The first-order valence-corrected chi connectivity index (χ1v) is 8.72. The molecule has 4 heteroatoms. The van der Waals surface area contributed by atoms with E-state index < -0.39 is 0 Å². The molecule has 0 aliphatic heterocycles. The molecular weight excluding hydrogens is 312 g/mol. The van der Waals surface area contributed by atoms with Crippen LogP contribution in [0.25, 0.3) is 10.8 Å². The first-order valence-electron chi connectivity index (χ1n) is 8.72. The van der Waals surface area contributed by atoms with Gasteiger partial charge in [0.05, 0.1) is 5.69 Å². The molecule has 0 amide bonds. The Balaban J connectivity index is 1.81. The predicted octanol–water partition coefficient (Wildman–Crippen LogP) is 4.89. The fourth-order valence-electron chi connectivity index (χ4n) is 3.34. The van der Waals surface area contributed by atoms with E-state index in [9.17, 15) is 4.79 Å². The van der Waals surface area contributed by atoms with E-state index >= 15 is 0 Å². The number of carbonyl (C=O) groups is 1. The average molecular weight is 336 g/mol. The lowest BCUT2D eigenvalue weighted by Gasteiger charge is -2.11. The van der Waals surface area contributed by atoms with Gasteiger partial charge in [0.2, 0.25) is 0 Å². The van der Waals surface area contributed by atoms with Crippen LogP contribution in [-0.2, 0) is 0 Å². The highest BCUT2D eigenvalue weighted by Gasteiger charge is 2.20. The molecule has 25 heavy (non-hydrogen) atoms. The van der Waals surface area contributed by atoms with Crippen molar-refractivity contribution in [3.05, 3.63) is 59.4 Å². The maximum Gasteiger partial charge on any atom is 0.284 e. The zero-order valence-electron chi connectivity index (χ0n) is 15.2. The smallest absolute Gasteiger partial charge is 0.284 e. The van der Waals surface area contributed by atoms with Gasteiger partial charge < -0.3 is 4.74 Å². The van der Waals surface area contributed by atoms with E-state index in [1.807, 2.05) is 56.3 Å². The van der Waals surface area contributed by atoms with E-state index in [4.69, 9.17) is 4.74 Å². The molecule has 1 aromatic heterocycles. The van der Waals surface area contributed by atoms with Crippen molar-refractivity contribution >= 4 is 16.7 Å². The van der Waals surface area contributed by atoms with Gasteiger partial charge >= 0.3 is 0 Å². The Bertz CT molecular complexity index is 906. The highest BCUT2D eigenvalue weighted by molar-refractivity contribution is 5.88. The van der Waals surface area contributed by atoms with Crippen LogP contribution in [0.5, 0.6) is 5.75 Å². The summed E-state index contributed by atoms with van der Waals surface area (Å²) < 4.78 is 7.30. The van der Waals surface area contributed by atoms with E-state index in [1.165, 1.54) is 10.2 Å². The summed E-state index contributed by atoms with van der Waals surface area (Å²) in [6, 6.07) is 13.8. The van der Waals surface area contributed by atoms with Crippen molar-refractivity contribution in [3.63, 3.8) is 0 Å². The third-order valence-corrected chi connectivity index (χ3v) is 4.79. The minimum absolute atomic E-state index is 0.0318. The molecule has 4 nitrogen and oxygen atoms in total. The van der Waals surface area contributed by atoms with Gasteiger partial charge in [-0.05, 0) is 43.2 Å². The van der Waals surface area contributed by atoms with E-state index in [-0.39, 0.29) is 12.5 Å². The van der Waals surface area contributed by atoms with E-state index in [0.717, 1.165) is 34.3 Å². The molecule has 3 rings (SSSR count). The van der Waals surface area contributed by atoms with E-state index in [0.29, 0.717) is 5.92 Å². The topological polar surface area (TPSA) is 44.1 Å². The quantitative estimate of drug-likeness (QED) is 0.666. The lowest BCUT2D eigenvalue weighted by atomic mass is 9.97. The van der Waals surface area contributed by atoms with Crippen LogP contribution in [-0.4, -0.2) is 22.3 Å². The standard InChI is InChI=1S/C21H24N2O2/c1-5-14(2)21-15(3)22-23(16(21)4)20(24)13-25-19-12-8-10-17-9-6-7-11-18(17)19/h6-12,14H,5,13H2,1-4H3. The average Bonchev–Trinajstić information content (AvgIpc) is 2.93. The Labute approximate surface area is 148 Å². The highest BCUT2D eigenvalue weighted by atomic mass is 16.5. The number of aromatic nitrogens is 2. The Hall–Kier alpha value is -2.62. The Kier molecular flexibility index (Phi) is 4.88. The number of rotatable bonds is 5. The predicted molar refractivity (Wildman–Crippen MR) is 100 cm³/mol. The van der Waals surface area contributed by atoms with Crippen molar-refractivity contribution in [1.82, 2.24) is 9.78 Å². The summed E-state index contributed by atoms with van der Waals surface area (Å²) in [7, 11) is 0. The van der Waals surface area contributed by atoms with Gasteiger partial charge in [0.25, 0.3) is 5.91 Å². The zero-order chi connectivity index (χ0) is 18.0. The zero-order valence-corrected chi connectivity index (χ0v) is 15.2. The second-order valence-electron chi connectivity index (χ2n) is 6.47. The summed E-state index contributed by atoms with van der Waals surface area (Å²) in [4.78, 5) is 12.6. The highest BCUT2D eigenvalue weighted by Crippen LogP contribution is 2.27. The molecule has 1 atom stereocenters. The number of aryl methyl sites for hydroxylation is 1. The molecule has 130 valence electrons. The molecule has 0 saturated carbocycles. The minimum Gasteiger partial charge on any atom is -0.483 e. The summed E-state index contributed by atoms with van der Waals surface area (Å²) in [6.07, 6.45) is 1.02. The Morgan fingerprint density at radius 1 is 1.16 bits per heavy atom. The molecule has 2 aromatic carbocycles. The molecule has 0 saturated heterocycles. The second-order valence-corrected chi connectivity index (χ2v) is 6.47. The van der Waals surface area contributed by atoms with Crippen molar-refractivity contribution in [2.75, 3.05) is 6.61 Å². The molecule has 1 unspecified atom stereocenters. The van der Waals surface area contributed by atoms with Crippen molar-refractivity contribution in [2.45, 2.75) is 40.0 Å². The van der Waals surface area contributed by atoms with Gasteiger partial charge in [0.1, 0.15) is 5.75 Å². The van der Waals surface area contributed by atoms with Crippen LogP contribution >= 0.6 is 0 Å². The normalized spacial score (nSPS) is 12.3. The summed E-state index contributed by atoms with van der Waals surface area (Å²) in [5.74, 6) is 0.957. The Morgan fingerprint density at radius 2 is 1.88 bits per heavy atom. The van der Waals surface area contributed by atoms with Crippen LogP contribution in [0.1, 0.15) is 47.9 Å². The van der Waals surface area contributed by atoms with Crippen LogP contribution in [0.15, 0.2) is 42.5 Å². The molecule has 0 spiro atoms. The van der Waals surface area contributed by atoms with Crippen LogP contribution < -0.4 is 4.74 Å². The molecular formula is C21H24N2O2. The van der Waals surface area contributed by atoms with E-state index in [1.54, 1.807) is 0 Å². The summed E-state index contributed by atoms with van der Waals surface area (Å²) in [5, 5.41) is 6.54. The number of benzene rings is 2. The molecule has 1 heterocycles. The lowest BCUT2D eigenvalue weighted by Crippen LogP contribution is -2.22. The Morgan fingerprint density at radius 3 is 2.64 bits per heavy atom. The fourth-order valence-corrected chi connectivity index (χ4v) is 3.34. The van der Waals surface area contributed by atoms with Crippen LogP contribution in [0.4, 0.5) is 0 Å². The first-order chi connectivity index (χ1) is 12.0. The van der Waals surface area contributed by atoms with Crippen LogP contribution in [0.2, 0.25) is 0 Å². The van der Waals surface area contributed by atoms with Gasteiger partial charge in [-0.1, -0.05) is 50.2 Å². The largest absolute Gasteiger partial charge is 0.483 e. The second kappa shape index (κ2) is 7.09. The number of fused-ring (bicyclic) bond motifs is 1. The number of carbonyl (C=O) groups excluding carboxylic acids is 1. The van der Waals surface area contributed by atoms with Gasteiger partial charge in [-0.25, -0.2) is 4.68 Å². The van der Waals surface area contributed by atoms with Gasteiger partial charge in [0.15, 0.2) is 6.61 Å².